The molecular formula is C20H24N2O4. The third-order valence-corrected chi connectivity index (χ3v) is 4.05. The molecule has 0 aromatic heterocycles. The molecule has 0 aliphatic heterocycles. The number of para-hydroxylation sites is 1. The van der Waals surface area contributed by atoms with Crippen molar-refractivity contribution in [2.45, 2.75) is 39.5 Å². The largest absolute Gasteiger partial charge is 0.484 e. The highest BCUT2D eigenvalue weighted by Gasteiger charge is 2.16. The summed E-state index contributed by atoms with van der Waals surface area (Å²) in [6.45, 7) is 8.18. The third-order valence-electron chi connectivity index (χ3n) is 4.05. The van der Waals surface area contributed by atoms with Gasteiger partial charge in [0, 0.05) is 17.8 Å². The van der Waals surface area contributed by atoms with Crippen molar-refractivity contribution in [3.05, 3.63) is 63.7 Å². The standard InChI is InChI=1S/C20H24N2O4/c1-13(2)17-6-5-7-18(14(3)4)20(17)21-19(23)12-26-16-10-8-15(9-11-16)22(24)25/h5-11,13-14H,12H2,1-4H3,(H,21,23). The first-order valence-corrected chi connectivity index (χ1v) is 8.59. The van der Waals surface area contributed by atoms with Gasteiger partial charge in [-0.25, -0.2) is 0 Å². The fourth-order valence-electron chi connectivity index (χ4n) is 2.68. The first-order valence-electron chi connectivity index (χ1n) is 8.59. The van der Waals surface area contributed by atoms with E-state index in [1.165, 1.54) is 24.3 Å². The first kappa shape index (κ1) is 19.4. The molecule has 0 atom stereocenters. The lowest BCUT2D eigenvalue weighted by molar-refractivity contribution is -0.384. The number of carbonyl (C=O) groups is 1. The Hall–Kier alpha value is -2.89. The number of non-ortho nitro benzene ring substituents is 1. The molecule has 0 bridgehead atoms. The molecular weight excluding hydrogens is 332 g/mol. The zero-order valence-corrected chi connectivity index (χ0v) is 15.5. The van der Waals surface area contributed by atoms with Crippen LogP contribution in [-0.2, 0) is 4.79 Å². The van der Waals surface area contributed by atoms with Crippen molar-refractivity contribution in [3.63, 3.8) is 0 Å². The summed E-state index contributed by atoms with van der Waals surface area (Å²) in [6.07, 6.45) is 0. The second-order valence-corrected chi connectivity index (χ2v) is 6.71. The molecule has 1 N–H and O–H groups in total. The van der Waals surface area contributed by atoms with E-state index in [2.05, 4.69) is 33.0 Å². The maximum Gasteiger partial charge on any atom is 0.269 e. The number of nitrogens with zero attached hydrogens (tertiary/aromatic N) is 1. The van der Waals surface area contributed by atoms with Crippen LogP contribution in [0.15, 0.2) is 42.5 Å². The molecule has 0 fully saturated rings. The number of carbonyl (C=O) groups excluding carboxylic acids is 1. The van der Waals surface area contributed by atoms with Crippen molar-refractivity contribution in [2.24, 2.45) is 0 Å². The van der Waals surface area contributed by atoms with Gasteiger partial charge in [-0.1, -0.05) is 45.9 Å². The Morgan fingerprint density at radius 3 is 2.04 bits per heavy atom. The normalized spacial score (nSPS) is 10.8. The summed E-state index contributed by atoms with van der Waals surface area (Å²) in [5, 5.41) is 13.6. The number of anilines is 1. The van der Waals surface area contributed by atoms with Crippen molar-refractivity contribution in [1.29, 1.82) is 0 Å². The van der Waals surface area contributed by atoms with Crippen LogP contribution >= 0.6 is 0 Å². The molecule has 0 spiro atoms. The predicted octanol–water partition coefficient (Wildman–Crippen LogP) is 4.86. The molecule has 0 unspecified atom stereocenters. The zero-order valence-electron chi connectivity index (χ0n) is 15.5. The van der Waals surface area contributed by atoms with Gasteiger partial charge in [0.05, 0.1) is 4.92 Å². The summed E-state index contributed by atoms with van der Waals surface area (Å²) in [6, 6.07) is 11.7. The number of amides is 1. The highest BCUT2D eigenvalue weighted by Crippen LogP contribution is 2.32. The number of nitro benzene ring substituents is 1. The van der Waals surface area contributed by atoms with E-state index in [0.29, 0.717) is 5.75 Å². The maximum absolute atomic E-state index is 12.4. The van der Waals surface area contributed by atoms with E-state index in [1.54, 1.807) is 0 Å². The van der Waals surface area contributed by atoms with E-state index >= 15 is 0 Å². The molecule has 0 saturated carbocycles. The smallest absolute Gasteiger partial charge is 0.269 e. The Morgan fingerprint density at radius 2 is 1.58 bits per heavy atom. The van der Waals surface area contributed by atoms with Gasteiger partial charge in [0.1, 0.15) is 5.75 Å². The quantitative estimate of drug-likeness (QED) is 0.567. The number of rotatable bonds is 7. The van der Waals surface area contributed by atoms with Crippen molar-refractivity contribution >= 4 is 17.3 Å². The second kappa shape index (κ2) is 8.47. The lowest BCUT2D eigenvalue weighted by Crippen LogP contribution is -2.22. The molecule has 138 valence electrons. The minimum Gasteiger partial charge on any atom is -0.484 e. The summed E-state index contributed by atoms with van der Waals surface area (Å²) in [7, 11) is 0. The Bertz CT molecular complexity index is 757. The number of ether oxygens (including phenoxy) is 1. The van der Waals surface area contributed by atoms with Crippen molar-refractivity contribution < 1.29 is 14.5 Å². The van der Waals surface area contributed by atoms with Crippen LogP contribution in [0, 0.1) is 10.1 Å². The summed E-state index contributed by atoms with van der Waals surface area (Å²) < 4.78 is 5.44. The average molecular weight is 356 g/mol. The summed E-state index contributed by atoms with van der Waals surface area (Å²) in [4.78, 5) is 22.5. The van der Waals surface area contributed by atoms with Gasteiger partial charge >= 0.3 is 0 Å². The predicted molar refractivity (Wildman–Crippen MR) is 102 cm³/mol. The summed E-state index contributed by atoms with van der Waals surface area (Å²) in [5.74, 6) is 0.699. The van der Waals surface area contributed by atoms with Crippen molar-refractivity contribution in [1.82, 2.24) is 0 Å². The second-order valence-electron chi connectivity index (χ2n) is 6.71. The average Bonchev–Trinajstić information content (AvgIpc) is 2.60. The maximum atomic E-state index is 12.4. The fraction of sp³-hybridized carbons (Fsp3) is 0.350. The van der Waals surface area contributed by atoms with E-state index in [9.17, 15) is 14.9 Å². The van der Waals surface area contributed by atoms with Crippen LogP contribution in [0.5, 0.6) is 5.75 Å². The van der Waals surface area contributed by atoms with E-state index < -0.39 is 4.92 Å². The fourth-order valence-corrected chi connectivity index (χ4v) is 2.68. The van der Waals surface area contributed by atoms with Gasteiger partial charge in [-0.15, -0.1) is 0 Å². The van der Waals surface area contributed by atoms with Crippen molar-refractivity contribution in [2.75, 3.05) is 11.9 Å². The molecule has 0 saturated heterocycles. The van der Waals surface area contributed by atoms with Gasteiger partial charge in [-0.05, 0) is 35.1 Å². The van der Waals surface area contributed by atoms with E-state index in [4.69, 9.17) is 4.74 Å². The van der Waals surface area contributed by atoms with E-state index in [1.807, 2.05) is 18.2 Å². The lowest BCUT2D eigenvalue weighted by Gasteiger charge is -2.20. The van der Waals surface area contributed by atoms with E-state index in [0.717, 1.165) is 16.8 Å². The summed E-state index contributed by atoms with van der Waals surface area (Å²) in [5.41, 5.74) is 2.99. The number of nitro groups is 1. The highest BCUT2D eigenvalue weighted by molar-refractivity contribution is 5.93. The van der Waals surface area contributed by atoms with Gasteiger partial charge in [-0.2, -0.15) is 0 Å². The van der Waals surface area contributed by atoms with Crippen LogP contribution in [0.1, 0.15) is 50.7 Å². The number of nitrogens with one attached hydrogen (secondary N) is 1. The van der Waals surface area contributed by atoms with Crippen LogP contribution in [0.2, 0.25) is 0 Å². The first-order chi connectivity index (χ1) is 12.3. The molecule has 6 heteroatoms. The van der Waals surface area contributed by atoms with Gasteiger partial charge in [-0.3, -0.25) is 14.9 Å². The zero-order chi connectivity index (χ0) is 19.3. The Balaban J connectivity index is 2.09. The number of hydrogen-bond acceptors (Lipinski definition) is 4. The van der Waals surface area contributed by atoms with Crippen LogP contribution in [0.3, 0.4) is 0 Å². The Labute approximate surface area is 153 Å². The van der Waals surface area contributed by atoms with Gasteiger partial charge in [0.2, 0.25) is 0 Å². The Morgan fingerprint density at radius 1 is 1.04 bits per heavy atom. The summed E-state index contributed by atoms with van der Waals surface area (Å²) >= 11 is 0. The monoisotopic (exact) mass is 356 g/mol. The molecule has 0 aliphatic carbocycles. The van der Waals surface area contributed by atoms with Gasteiger partial charge in [0.15, 0.2) is 6.61 Å². The van der Waals surface area contributed by atoms with Crippen LogP contribution < -0.4 is 10.1 Å². The molecule has 2 aromatic rings. The minimum absolute atomic E-state index is 0.0192. The van der Waals surface area contributed by atoms with Crippen LogP contribution in [0.4, 0.5) is 11.4 Å². The van der Waals surface area contributed by atoms with Crippen LogP contribution in [-0.4, -0.2) is 17.4 Å². The molecule has 6 nitrogen and oxygen atoms in total. The molecule has 1 amide bonds. The minimum atomic E-state index is -0.479. The van der Waals surface area contributed by atoms with E-state index in [-0.39, 0.29) is 30.0 Å². The number of benzene rings is 2. The van der Waals surface area contributed by atoms with Crippen molar-refractivity contribution in [3.8, 4) is 5.75 Å². The van der Waals surface area contributed by atoms with Crippen LogP contribution in [0.25, 0.3) is 0 Å². The SMILES string of the molecule is CC(C)c1cccc(C(C)C)c1NC(=O)COc1ccc([N+](=O)[O-])cc1. The molecule has 26 heavy (non-hydrogen) atoms. The number of hydrogen-bond donors (Lipinski definition) is 1. The lowest BCUT2D eigenvalue weighted by atomic mass is 9.92. The molecule has 0 heterocycles. The molecule has 2 rings (SSSR count). The molecule has 0 aliphatic rings. The molecule has 0 radical (unpaired) electrons. The topological polar surface area (TPSA) is 81.5 Å². The van der Waals surface area contributed by atoms with Gasteiger partial charge < -0.3 is 10.1 Å². The third kappa shape index (κ3) is 4.81. The Kier molecular flexibility index (Phi) is 6.33. The van der Waals surface area contributed by atoms with Gasteiger partial charge in [0.25, 0.3) is 11.6 Å². The molecule has 2 aromatic carbocycles. The highest BCUT2D eigenvalue weighted by atomic mass is 16.6.